The fourth-order valence-electron chi connectivity index (χ4n) is 1.74. The Morgan fingerprint density at radius 3 is 2.39 bits per heavy atom. The minimum Gasteiger partial charge on any atom is -0.322 e. The minimum absolute atomic E-state index is 0.0168. The molecule has 0 bridgehead atoms. The van der Waals surface area contributed by atoms with Crippen LogP contribution in [-0.4, -0.2) is 48.2 Å². The van der Waals surface area contributed by atoms with E-state index in [-0.39, 0.29) is 12.5 Å². The lowest BCUT2D eigenvalue weighted by Crippen LogP contribution is -2.42. The molecule has 0 aromatic rings. The van der Waals surface area contributed by atoms with Crippen molar-refractivity contribution in [1.29, 1.82) is 0 Å². The van der Waals surface area contributed by atoms with Gasteiger partial charge in [-0.05, 0) is 6.08 Å². The monoisotopic (exact) mass is 295 g/mol. The molecule has 2 heterocycles. The van der Waals surface area contributed by atoms with Crippen molar-refractivity contribution >= 4 is 27.4 Å². The van der Waals surface area contributed by atoms with Gasteiger partial charge in [-0.1, -0.05) is 0 Å². The van der Waals surface area contributed by atoms with Gasteiger partial charge in [0.1, 0.15) is 0 Å². The summed E-state index contributed by atoms with van der Waals surface area (Å²) >= 11 is 0. The molecule has 0 spiro atoms. The van der Waals surface area contributed by atoms with Crippen LogP contribution in [0.4, 0.5) is 0 Å². The average Bonchev–Trinajstić information content (AvgIpc) is 2.25. The van der Waals surface area contributed by atoms with E-state index in [0.717, 1.165) is 0 Å². The van der Waals surface area contributed by atoms with Crippen LogP contribution in [0.5, 0.6) is 0 Å². The van der Waals surface area contributed by atoms with E-state index < -0.39 is 26.6 Å². The molecule has 100 valence electrons. The molecule has 2 aliphatic rings. The van der Waals surface area contributed by atoms with Gasteiger partial charge in [-0.25, -0.2) is 9.98 Å². The first-order valence-electron chi connectivity index (χ1n) is 4.86. The van der Waals surface area contributed by atoms with Crippen molar-refractivity contribution in [3.05, 3.63) is 12.3 Å². The van der Waals surface area contributed by atoms with E-state index in [0.29, 0.717) is 0 Å². The topological polar surface area (TPSA) is 143 Å². The molecule has 9 nitrogen and oxygen atoms in total. The second-order valence-electron chi connectivity index (χ2n) is 3.84. The van der Waals surface area contributed by atoms with Gasteiger partial charge >= 0.3 is 15.2 Å². The molecule has 0 aromatic carbocycles. The van der Waals surface area contributed by atoms with Crippen LogP contribution in [-0.2, 0) is 9.13 Å². The summed E-state index contributed by atoms with van der Waals surface area (Å²) < 4.78 is 22.9. The smallest absolute Gasteiger partial charge is 0.322 e. The van der Waals surface area contributed by atoms with Crippen molar-refractivity contribution in [2.75, 3.05) is 6.54 Å². The van der Waals surface area contributed by atoms with Crippen molar-refractivity contribution in [3.63, 3.8) is 0 Å². The summed E-state index contributed by atoms with van der Waals surface area (Å²) in [6.45, 7) is 0.0168. The Morgan fingerprint density at radius 1 is 1.22 bits per heavy atom. The lowest BCUT2D eigenvalue weighted by atomic mass is 10.3. The largest absolute Gasteiger partial charge is 0.365 e. The fraction of sp³-hybridized carbons (Fsp3) is 0.429. The van der Waals surface area contributed by atoms with Crippen LogP contribution in [0, 0.1) is 0 Å². The SMILES string of the molecule is O=P(O)(O)C1(P(=O)(O)O)CCN2C=CC=NC2=N1. The third kappa shape index (κ3) is 1.99. The molecule has 4 N–H and O–H groups in total. The number of fused-ring (bicyclic) bond motifs is 1. The van der Waals surface area contributed by atoms with Gasteiger partial charge in [-0.15, -0.1) is 0 Å². The quantitative estimate of drug-likeness (QED) is 0.510. The van der Waals surface area contributed by atoms with E-state index in [2.05, 4.69) is 9.98 Å². The third-order valence-electron chi connectivity index (χ3n) is 2.70. The first-order valence-corrected chi connectivity index (χ1v) is 8.08. The van der Waals surface area contributed by atoms with Gasteiger partial charge < -0.3 is 24.5 Å². The molecule has 0 amide bonds. The molecule has 0 aliphatic carbocycles. The van der Waals surface area contributed by atoms with E-state index in [9.17, 15) is 28.7 Å². The van der Waals surface area contributed by atoms with Gasteiger partial charge in [-0.3, -0.25) is 9.13 Å². The van der Waals surface area contributed by atoms with Gasteiger partial charge in [0.15, 0.2) is 0 Å². The Bertz CT molecular complexity index is 521. The highest BCUT2D eigenvalue weighted by Crippen LogP contribution is 2.72. The maximum atomic E-state index is 11.4. The van der Waals surface area contributed by atoms with Gasteiger partial charge in [0.25, 0.3) is 5.02 Å². The first-order chi connectivity index (χ1) is 8.17. The standard InChI is InChI=1S/C7H11N3O6P2/c11-17(12,13)7(18(14,15)16)2-5-10-4-1-3-8-6(10)9-7/h1,3-4H,2,5H2,(H2,11,12,13)(H2,14,15,16). The Kier molecular flexibility index (Phi) is 3.09. The summed E-state index contributed by atoms with van der Waals surface area (Å²) in [5, 5.41) is -2.73. The van der Waals surface area contributed by atoms with Gasteiger partial charge in [-0.2, -0.15) is 0 Å². The Morgan fingerprint density at radius 2 is 1.83 bits per heavy atom. The summed E-state index contributed by atoms with van der Waals surface area (Å²) in [6, 6.07) is 0. The van der Waals surface area contributed by atoms with E-state index in [4.69, 9.17) is 0 Å². The maximum absolute atomic E-state index is 11.4. The molecular weight excluding hydrogens is 284 g/mol. The Labute approximate surface area is 102 Å². The fourth-order valence-corrected chi connectivity index (χ4v) is 4.32. The summed E-state index contributed by atoms with van der Waals surface area (Å²) in [5.74, 6) is -0.115. The first kappa shape index (κ1) is 13.6. The van der Waals surface area contributed by atoms with E-state index in [1.165, 1.54) is 11.1 Å². The molecule has 0 radical (unpaired) electrons. The zero-order valence-corrected chi connectivity index (χ0v) is 10.8. The highest BCUT2D eigenvalue weighted by atomic mass is 31.2. The second kappa shape index (κ2) is 4.09. The van der Waals surface area contributed by atoms with Crippen LogP contribution in [0.2, 0.25) is 0 Å². The van der Waals surface area contributed by atoms with E-state index in [1.54, 1.807) is 12.3 Å². The van der Waals surface area contributed by atoms with E-state index in [1.807, 2.05) is 0 Å². The number of rotatable bonds is 2. The zero-order valence-electron chi connectivity index (χ0n) is 8.99. The number of hydrogen-bond donors (Lipinski definition) is 4. The molecule has 0 unspecified atom stereocenters. The van der Waals surface area contributed by atoms with Crippen molar-refractivity contribution < 1.29 is 28.7 Å². The van der Waals surface area contributed by atoms with Crippen LogP contribution < -0.4 is 0 Å². The number of nitrogens with zero attached hydrogens (tertiary/aromatic N) is 3. The number of hydrogen-bond acceptors (Lipinski definition) is 5. The molecule has 2 rings (SSSR count). The molecule has 11 heteroatoms. The molecule has 0 saturated heterocycles. The van der Waals surface area contributed by atoms with Crippen molar-refractivity contribution in [3.8, 4) is 0 Å². The van der Waals surface area contributed by atoms with Gasteiger partial charge in [0.2, 0.25) is 5.96 Å². The molecular formula is C7H11N3O6P2. The predicted molar refractivity (Wildman–Crippen MR) is 63.2 cm³/mol. The average molecular weight is 295 g/mol. The lowest BCUT2D eigenvalue weighted by molar-refractivity contribution is 0.289. The van der Waals surface area contributed by atoms with Gasteiger partial charge in [0.05, 0.1) is 0 Å². The third-order valence-corrected chi connectivity index (χ3v) is 6.78. The summed E-state index contributed by atoms with van der Waals surface area (Å²) in [5.41, 5.74) is 0. The maximum Gasteiger partial charge on any atom is 0.365 e. The van der Waals surface area contributed by atoms with E-state index >= 15 is 0 Å². The summed E-state index contributed by atoms with van der Waals surface area (Å²) in [4.78, 5) is 45.7. The van der Waals surface area contributed by atoms with Crippen LogP contribution in [0.25, 0.3) is 0 Å². The van der Waals surface area contributed by atoms with Crippen LogP contribution in [0.1, 0.15) is 6.42 Å². The van der Waals surface area contributed by atoms with Crippen molar-refractivity contribution in [2.45, 2.75) is 11.4 Å². The molecule has 2 aliphatic heterocycles. The molecule has 18 heavy (non-hydrogen) atoms. The van der Waals surface area contributed by atoms with Crippen LogP contribution in [0.3, 0.4) is 0 Å². The normalized spacial score (nSPS) is 22.7. The molecule has 0 fully saturated rings. The molecule has 0 saturated carbocycles. The molecule has 0 atom stereocenters. The summed E-state index contributed by atoms with van der Waals surface area (Å²) in [6.07, 6.45) is 4.02. The molecule has 0 aromatic heterocycles. The van der Waals surface area contributed by atoms with Crippen molar-refractivity contribution in [1.82, 2.24) is 4.90 Å². The Hall–Kier alpha value is -0.820. The number of aliphatic imine (C=N–C) groups is 2. The Balaban J connectivity index is 2.59. The van der Waals surface area contributed by atoms with Crippen LogP contribution in [0.15, 0.2) is 22.3 Å². The predicted octanol–water partition coefficient (Wildman–Crippen LogP) is -0.345. The number of allylic oxidation sites excluding steroid dienone is 1. The van der Waals surface area contributed by atoms with Crippen molar-refractivity contribution in [2.24, 2.45) is 9.98 Å². The zero-order chi connectivity index (χ0) is 13.6. The number of guanidine groups is 1. The highest BCUT2D eigenvalue weighted by Gasteiger charge is 2.62. The lowest BCUT2D eigenvalue weighted by Gasteiger charge is -2.37. The highest BCUT2D eigenvalue weighted by molar-refractivity contribution is 7.72. The minimum atomic E-state index is -5.13. The summed E-state index contributed by atoms with van der Waals surface area (Å²) in [7, 11) is -10.3. The van der Waals surface area contributed by atoms with Gasteiger partial charge in [0, 0.05) is 25.4 Å². The van der Waals surface area contributed by atoms with Crippen LogP contribution >= 0.6 is 15.2 Å². The second-order valence-corrected chi connectivity index (χ2v) is 7.85.